The number of nitrogens with one attached hydrogen (secondary N) is 1. The third-order valence-electron chi connectivity index (χ3n) is 5.17. The lowest BCUT2D eigenvalue weighted by Crippen LogP contribution is -2.41. The third-order valence-corrected chi connectivity index (χ3v) is 5.17. The van der Waals surface area contributed by atoms with Crippen molar-refractivity contribution < 1.29 is 14.1 Å². The fourth-order valence-electron chi connectivity index (χ4n) is 2.80. The second kappa shape index (κ2) is 6.32. The Bertz CT molecular complexity index is 771. The SMILES string of the molecule is Cc1c(NC(=O)c2ccccc2)cccc1B1OC(C)(C)C(C)(C)O1. The summed E-state index contributed by atoms with van der Waals surface area (Å²) in [4.78, 5) is 12.4. The molecular formula is C20H24BNO3. The van der Waals surface area contributed by atoms with Crippen LogP contribution in [0, 0.1) is 6.92 Å². The van der Waals surface area contributed by atoms with Crippen molar-refractivity contribution >= 4 is 24.2 Å². The highest BCUT2D eigenvalue weighted by Crippen LogP contribution is 2.37. The van der Waals surface area contributed by atoms with Gasteiger partial charge in [-0.05, 0) is 63.8 Å². The highest BCUT2D eigenvalue weighted by Gasteiger charge is 2.52. The van der Waals surface area contributed by atoms with E-state index >= 15 is 0 Å². The maximum atomic E-state index is 12.4. The molecule has 0 saturated carbocycles. The smallest absolute Gasteiger partial charge is 0.399 e. The van der Waals surface area contributed by atoms with Gasteiger partial charge < -0.3 is 14.6 Å². The summed E-state index contributed by atoms with van der Waals surface area (Å²) in [5, 5.41) is 2.98. The van der Waals surface area contributed by atoms with Crippen LogP contribution in [0.5, 0.6) is 0 Å². The molecule has 5 heteroatoms. The zero-order valence-electron chi connectivity index (χ0n) is 15.4. The van der Waals surface area contributed by atoms with Gasteiger partial charge in [0.2, 0.25) is 0 Å². The lowest BCUT2D eigenvalue weighted by molar-refractivity contribution is 0.00578. The minimum atomic E-state index is -0.446. The molecule has 130 valence electrons. The fourth-order valence-corrected chi connectivity index (χ4v) is 2.80. The van der Waals surface area contributed by atoms with Crippen LogP contribution in [0.1, 0.15) is 43.6 Å². The van der Waals surface area contributed by atoms with Crippen molar-refractivity contribution in [1.29, 1.82) is 0 Å². The largest absolute Gasteiger partial charge is 0.495 e. The maximum absolute atomic E-state index is 12.4. The van der Waals surface area contributed by atoms with Crippen LogP contribution in [-0.4, -0.2) is 24.2 Å². The summed E-state index contributed by atoms with van der Waals surface area (Å²) in [5.41, 5.74) is 2.49. The van der Waals surface area contributed by atoms with Crippen LogP contribution >= 0.6 is 0 Å². The van der Waals surface area contributed by atoms with Crippen molar-refractivity contribution in [2.24, 2.45) is 0 Å². The predicted molar refractivity (Wildman–Crippen MR) is 101 cm³/mol. The summed E-state index contributed by atoms with van der Waals surface area (Å²) in [6.45, 7) is 10.1. The molecule has 0 aliphatic carbocycles. The molecule has 1 fully saturated rings. The number of rotatable bonds is 3. The Morgan fingerprint density at radius 2 is 1.52 bits per heavy atom. The van der Waals surface area contributed by atoms with Crippen LogP contribution in [0.3, 0.4) is 0 Å². The highest BCUT2D eigenvalue weighted by molar-refractivity contribution is 6.62. The standard InChI is InChI=1S/C20H24BNO3/c1-14-16(21-24-19(2,3)20(4,5)25-21)12-9-13-17(14)22-18(23)15-10-7-6-8-11-15/h6-13H,1-5H3,(H,22,23). The third kappa shape index (κ3) is 3.35. The number of hydrogen-bond donors (Lipinski definition) is 1. The number of carbonyl (C=O) groups excluding carboxylic acids is 1. The summed E-state index contributed by atoms with van der Waals surface area (Å²) in [7, 11) is -0.446. The van der Waals surface area contributed by atoms with Crippen LogP contribution < -0.4 is 10.8 Å². The first-order valence-corrected chi connectivity index (χ1v) is 8.53. The van der Waals surface area contributed by atoms with E-state index in [0.717, 1.165) is 16.7 Å². The van der Waals surface area contributed by atoms with Crippen molar-refractivity contribution in [3.8, 4) is 0 Å². The first kappa shape index (κ1) is 17.7. The Hall–Kier alpha value is -2.11. The quantitative estimate of drug-likeness (QED) is 0.872. The monoisotopic (exact) mass is 337 g/mol. The summed E-state index contributed by atoms with van der Waals surface area (Å²) >= 11 is 0. The van der Waals surface area contributed by atoms with Crippen molar-refractivity contribution in [1.82, 2.24) is 0 Å². The molecule has 0 radical (unpaired) electrons. The molecular weight excluding hydrogens is 313 g/mol. The number of amides is 1. The van der Waals surface area contributed by atoms with Crippen LogP contribution in [0.15, 0.2) is 48.5 Å². The lowest BCUT2D eigenvalue weighted by Gasteiger charge is -2.32. The molecule has 0 bridgehead atoms. The molecule has 1 aliphatic rings. The Morgan fingerprint density at radius 3 is 2.12 bits per heavy atom. The van der Waals surface area contributed by atoms with Crippen molar-refractivity contribution in [2.45, 2.75) is 45.8 Å². The molecule has 0 spiro atoms. The zero-order chi connectivity index (χ0) is 18.2. The molecule has 1 aliphatic heterocycles. The van der Waals surface area contributed by atoms with E-state index < -0.39 is 18.3 Å². The van der Waals surface area contributed by atoms with E-state index in [4.69, 9.17) is 9.31 Å². The van der Waals surface area contributed by atoms with Crippen molar-refractivity contribution in [3.05, 3.63) is 59.7 Å². The van der Waals surface area contributed by atoms with Gasteiger partial charge in [-0.1, -0.05) is 30.3 Å². The minimum Gasteiger partial charge on any atom is -0.399 e. The van der Waals surface area contributed by atoms with E-state index in [2.05, 4.69) is 5.32 Å². The van der Waals surface area contributed by atoms with E-state index in [1.807, 2.05) is 71.0 Å². The fraction of sp³-hybridized carbons (Fsp3) is 0.350. The molecule has 1 saturated heterocycles. The Labute approximate surface area is 149 Å². The molecule has 25 heavy (non-hydrogen) atoms. The van der Waals surface area contributed by atoms with Gasteiger partial charge in [0, 0.05) is 11.3 Å². The Kier molecular flexibility index (Phi) is 4.48. The van der Waals surface area contributed by atoms with E-state index in [0.29, 0.717) is 5.56 Å². The molecule has 4 nitrogen and oxygen atoms in total. The molecule has 1 N–H and O–H groups in total. The molecule has 1 heterocycles. The second-order valence-electron chi connectivity index (χ2n) is 7.43. The summed E-state index contributed by atoms with van der Waals surface area (Å²) in [6, 6.07) is 15.0. The van der Waals surface area contributed by atoms with Gasteiger partial charge in [0.1, 0.15) is 0 Å². The zero-order valence-corrected chi connectivity index (χ0v) is 15.4. The van der Waals surface area contributed by atoms with Crippen LogP contribution in [0.2, 0.25) is 0 Å². The number of anilines is 1. The molecule has 0 atom stereocenters. The normalized spacial score (nSPS) is 18.2. The van der Waals surface area contributed by atoms with Gasteiger partial charge in [-0.25, -0.2) is 0 Å². The summed E-state index contributed by atoms with van der Waals surface area (Å²) < 4.78 is 12.3. The second-order valence-corrected chi connectivity index (χ2v) is 7.43. The average molecular weight is 337 g/mol. The Balaban J connectivity index is 1.85. The number of benzene rings is 2. The van der Waals surface area contributed by atoms with Gasteiger partial charge in [-0.2, -0.15) is 0 Å². The average Bonchev–Trinajstić information content (AvgIpc) is 2.78. The number of hydrogen-bond acceptors (Lipinski definition) is 3. The number of carbonyl (C=O) groups is 1. The van der Waals surface area contributed by atoms with Crippen molar-refractivity contribution in [2.75, 3.05) is 5.32 Å². The topological polar surface area (TPSA) is 47.6 Å². The summed E-state index contributed by atoms with van der Waals surface area (Å²) in [6.07, 6.45) is 0. The van der Waals surface area contributed by atoms with Gasteiger partial charge in [-0.3, -0.25) is 4.79 Å². The van der Waals surface area contributed by atoms with E-state index in [-0.39, 0.29) is 5.91 Å². The van der Waals surface area contributed by atoms with Crippen LogP contribution in [0.4, 0.5) is 5.69 Å². The molecule has 3 rings (SSSR count). The van der Waals surface area contributed by atoms with Crippen LogP contribution in [0.25, 0.3) is 0 Å². The molecule has 1 amide bonds. The van der Waals surface area contributed by atoms with E-state index in [1.165, 1.54) is 0 Å². The first-order valence-electron chi connectivity index (χ1n) is 8.53. The van der Waals surface area contributed by atoms with Crippen LogP contribution in [-0.2, 0) is 9.31 Å². The van der Waals surface area contributed by atoms with Gasteiger partial charge in [0.05, 0.1) is 11.2 Å². The first-order chi connectivity index (χ1) is 11.7. The highest BCUT2D eigenvalue weighted by atomic mass is 16.7. The van der Waals surface area contributed by atoms with Gasteiger partial charge >= 0.3 is 7.12 Å². The predicted octanol–water partition coefficient (Wildman–Crippen LogP) is 3.55. The molecule has 0 aromatic heterocycles. The van der Waals surface area contributed by atoms with E-state index in [1.54, 1.807) is 12.1 Å². The van der Waals surface area contributed by atoms with Gasteiger partial charge in [-0.15, -0.1) is 0 Å². The Morgan fingerprint density at radius 1 is 0.920 bits per heavy atom. The summed E-state index contributed by atoms with van der Waals surface area (Å²) in [5.74, 6) is -0.130. The van der Waals surface area contributed by atoms with Gasteiger partial charge in [0.15, 0.2) is 0 Å². The molecule has 2 aromatic rings. The molecule has 2 aromatic carbocycles. The van der Waals surface area contributed by atoms with Crippen molar-refractivity contribution in [3.63, 3.8) is 0 Å². The maximum Gasteiger partial charge on any atom is 0.495 e. The van der Waals surface area contributed by atoms with E-state index in [9.17, 15) is 4.79 Å². The lowest BCUT2D eigenvalue weighted by atomic mass is 9.76. The minimum absolute atomic E-state index is 0.130. The van der Waals surface area contributed by atoms with Gasteiger partial charge in [0.25, 0.3) is 5.91 Å². The molecule has 0 unspecified atom stereocenters.